The summed E-state index contributed by atoms with van der Waals surface area (Å²) in [5.41, 5.74) is 9.25. The van der Waals surface area contributed by atoms with Crippen LogP contribution in [0.4, 0.5) is 5.82 Å². The molecule has 2 aromatic rings. The molecule has 4 nitrogen and oxygen atoms in total. The highest BCUT2D eigenvalue weighted by atomic mass is 127. The number of hydrogen-bond donors (Lipinski definition) is 1. The molecule has 0 aromatic carbocycles. The maximum atomic E-state index is 6.05. The number of nitrogen functional groups attached to an aromatic ring is 1. The molecule has 2 N–H and O–H groups in total. The van der Waals surface area contributed by atoms with Crippen molar-refractivity contribution < 1.29 is 0 Å². The SMILES string of the molecule is CCc1cnccc1-c1nc(N)c(I)c(CC(C)C)n1. The Morgan fingerprint density at radius 1 is 1.30 bits per heavy atom. The smallest absolute Gasteiger partial charge is 0.162 e. The van der Waals surface area contributed by atoms with Crippen LogP contribution in [0.5, 0.6) is 0 Å². The van der Waals surface area contributed by atoms with Crippen molar-refractivity contribution in [3.8, 4) is 11.4 Å². The van der Waals surface area contributed by atoms with E-state index in [4.69, 9.17) is 10.7 Å². The van der Waals surface area contributed by atoms with Crippen LogP contribution >= 0.6 is 22.6 Å². The molecule has 0 fully saturated rings. The molecule has 0 aliphatic heterocycles. The van der Waals surface area contributed by atoms with Gasteiger partial charge in [0.2, 0.25) is 0 Å². The van der Waals surface area contributed by atoms with E-state index in [0.29, 0.717) is 17.6 Å². The molecule has 0 spiro atoms. The molecule has 0 amide bonds. The minimum Gasteiger partial charge on any atom is -0.383 e. The van der Waals surface area contributed by atoms with Gasteiger partial charge in [0.25, 0.3) is 0 Å². The third-order valence-corrected chi connectivity index (χ3v) is 4.25. The third-order valence-electron chi connectivity index (χ3n) is 3.07. The van der Waals surface area contributed by atoms with Gasteiger partial charge in [-0.15, -0.1) is 0 Å². The molecule has 0 atom stereocenters. The summed E-state index contributed by atoms with van der Waals surface area (Å²) in [7, 11) is 0. The summed E-state index contributed by atoms with van der Waals surface area (Å²) in [6.45, 7) is 6.46. The van der Waals surface area contributed by atoms with Gasteiger partial charge in [-0.25, -0.2) is 9.97 Å². The molecule has 2 aromatic heterocycles. The topological polar surface area (TPSA) is 64.7 Å². The normalized spacial score (nSPS) is 11.1. The maximum Gasteiger partial charge on any atom is 0.162 e. The van der Waals surface area contributed by atoms with E-state index in [1.165, 1.54) is 0 Å². The van der Waals surface area contributed by atoms with Gasteiger partial charge < -0.3 is 5.73 Å². The van der Waals surface area contributed by atoms with Crippen molar-refractivity contribution in [3.05, 3.63) is 33.3 Å². The Kier molecular flexibility index (Phi) is 4.91. The molecule has 0 saturated carbocycles. The first-order valence-corrected chi connectivity index (χ1v) is 7.86. The van der Waals surface area contributed by atoms with E-state index in [0.717, 1.165) is 33.2 Å². The van der Waals surface area contributed by atoms with Crippen molar-refractivity contribution in [2.45, 2.75) is 33.6 Å². The lowest BCUT2D eigenvalue weighted by Gasteiger charge is -2.12. The van der Waals surface area contributed by atoms with Crippen LogP contribution in [0.1, 0.15) is 32.0 Å². The average Bonchev–Trinajstić information content (AvgIpc) is 2.43. The van der Waals surface area contributed by atoms with Gasteiger partial charge in [0.05, 0.1) is 9.26 Å². The number of pyridine rings is 1. The number of rotatable bonds is 4. The highest BCUT2D eigenvalue weighted by molar-refractivity contribution is 14.1. The molecule has 5 heteroatoms. The molecule has 106 valence electrons. The number of anilines is 1. The maximum absolute atomic E-state index is 6.05. The van der Waals surface area contributed by atoms with Gasteiger partial charge in [0, 0.05) is 18.0 Å². The molecular weight excluding hydrogens is 363 g/mol. The largest absolute Gasteiger partial charge is 0.383 e. The highest BCUT2D eigenvalue weighted by Crippen LogP contribution is 2.25. The van der Waals surface area contributed by atoms with Crippen LogP contribution in [0.2, 0.25) is 0 Å². The minimum atomic E-state index is 0.536. The van der Waals surface area contributed by atoms with E-state index < -0.39 is 0 Å². The standard InChI is InChI=1S/C15H19IN4/c1-4-10-8-18-6-5-11(10)15-19-12(7-9(2)3)13(16)14(17)20-15/h5-6,8-9H,4,7H2,1-3H3,(H2,17,19,20). The lowest BCUT2D eigenvalue weighted by molar-refractivity contribution is 0.632. The highest BCUT2D eigenvalue weighted by Gasteiger charge is 2.14. The summed E-state index contributed by atoms with van der Waals surface area (Å²) in [4.78, 5) is 13.3. The number of aromatic nitrogens is 3. The molecule has 0 aliphatic rings. The zero-order valence-electron chi connectivity index (χ0n) is 12.0. The zero-order valence-corrected chi connectivity index (χ0v) is 14.2. The summed E-state index contributed by atoms with van der Waals surface area (Å²) >= 11 is 2.23. The second-order valence-electron chi connectivity index (χ2n) is 5.18. The summed E-state index contributed by atoms with van der Waals surface area (Å²) in [6, 6.07) is 1.96. The number of halogens is 1. The van der Waals surface area contributed by atoms with Gasteiger partial charge in [-0.3, -0.25) is 4.98 Å². The van der Waals surface area contributed by atoms with Crippen LogP contribution in [0.15, 0.2) is 18.5 Å². The molecule has 0 aliphatic carbocycles. The number of nitrogens with zero attached hydrogens (tertiary/aromatic N) is 3. The molecule has 2 heterocycles. The molecule has 20 heavy (non-hydrogen) atoms. The lowest BCUT2D eigenvalue weighted by atomic mass is 10.1. The summed E-state index contributed by atoms with van der Waals surface area (Å²) in [6.07, 6.45) is 5.45. The van der Waals surface area contributed by atoms with Gasteiger partial charge in [-0.1, -0.05) is 20.8 Å². The summed E-state index contributed by atoms with van der Waals surface area (Å²) < 4.78 is 0.965. The Bertz CT molecular complexity index is 611. The predicted molar refractivity (Wildman–Crippen MR) is 90.3 cm³/mol. The average molecular weight is 382 g/mol. The van der Waals surface area contributed by atoms with E-state index in [1.807, 2.05) is 12.3 Å². The fourth-order valence-electron chi connectivity index (χ4n) is 2.08. The first kappa shape index (κ1) is 15.2. The molecular formula is C15H19IN4. The van der Waals surface area contributed by atoms with E-state index in [9.17, 15) is 0 Å². The van der Waals surface area contributed by atoms with Crippen molar-refractivity contribution >= 4 is 28.4 Å². The van der Waals surface area contributed by atoms with Crippen molar-refractivity contribution in [3.63, 3.8) is 0 Å². The van der Waals surface area contributed by atoms with Crippen molar-refractivity contribution in [1.29, 1.82) is 0 Å². The molecule has 0 radical (unpaired) electrons. The number of hydrogen-bond acceptors (Lipinski definition) is 4. The van der Waals surface area contributed by atoms with Crippen LogP contribution in [-0.4, -0.2) is 15.0 Å². The first-order valence-electron chi connectivity index (χ1n) is 6.78. The van der Waals surface area contributed by atoms with Crippen LogP contribution in [0.3, 0.4) is 0 Å². The molecule has 2 rings (SSSR count). The first-order chi connectivity index (χ1) is 9.52. The van der Waals surface area contributed by atoms with E-state index in [1.54, 1.807) is 6.20 Å². The Morgan fingerprint density at radius 3 is 2.70 bits per heavy atom. The number of aryl methyl sites for hydroxylation is 1. The van der Waals surface area contributed by atoms with Crippen LogP contribution in [0.25, 0.3) is 11.4 Å². The quantitative estimate of drug-likeness (QED) is 0.823. The predicted octanol–water partition coefficient (Wildman–Crippen LogP) is 3.49. The lowest BCUT2D eigenvalue weighted by Crippen LogP contribution is -2.08. The zero-order chi connectivity index (χ0) is 14.7. The molecule has 0 saturated heterocycles. The minimum absolute atomic E-state index is 0.536. The second kappa shape index (κ2) is 6.47. The molecule has 0 unspecified atom stereocenters. The Labute approximate surface area is 133 Å². The van der Waals surface area contributed by atoms with Crippen LogP contribution in [-0.2, 0) is 12.8 Å². The summed E-state index contributed by atoms with van der Waals surface area (Å²) in [5, 5.41) is 0. The Hall–Kier alpha value is -1.24. The number of nitrogens with two attached hydrogens (primary N) is 1. The van der Waals surface area contributed by atoms with E-state index in [2.05, 4.69) is 53.3 Å². The molecule has 0 bridgehead atoms. The third kappa shape index (κ3) is 3.26. The van der Waals surface area contributed by atoms with E-state index in [-0.39, 0.29) is 0 Å². The van der Waals surface area contributed by atoms with Crippen molar-refractivity contribution in [2.24, 2.45) is 5.92 Å². The second-order valence-corrected chi connectivity index (χ2v) is 6.26. The van der Waals surface area contributed by atoms with Gasteiger partial charge in [-0.05, 0) is 53.0 Å². The monoisotopic (exact) mass is 382 g/mol. The Morgan fingerprint density at radius 2 is 2.05 bits per heavy atom. The fourth-order valence-corrected chi connectivity index (χ4v) is 2.54. The van der Waals surface area contributed by atoms with E-state index >= 15 is 0 Å². The van der Waals surface area contributed by atoms with Crippen LogP contribution < -0.4 is 5.73 Å². The van der Waals surface area contributed by atoms with Gasteiger partial charge >= 0.3 is 0 Å². The Balaban J connectivity index is 2.54. The van der Waals surface area contributed by atoms with Crippen molar-refractivity contribution in [1.82, 2.24) is 15.0 Å². The fraction of sp³-hybridized carbons (Fsp3) is 0.400. The van der Waals surface area contributed by atoms with Gasteiger partial charge in [0.15, 0.2) is 5.82 Å². The van der Waals surface area contributed by atoms with Gasteiger partial charge in [-0.2, -0.15) is 0 Å². The summed E-state index contributed by atoms with van der Waals surface area (Å²) in [5.74, 6) is 1.80. The van der Waals surface area contributed by atoms with Crippen molar-refractivity contribution in [2.75, 3.05) is 5.73 Å². The van der Waals surface area contributed by atoms with Gasteiger partial charge in [0.1, 0.15) is 5.82 Å². The van der Waals surface area contributed by atoms with Crippen LogP contribution in [0, 0.1) is 9.49 Å².